The van der Waals surface area contributed by atoms with Gasteiger partial charge in [0, 0.05) is 13.2 Å². The maximum atomic E-state index is 5.60. The van der Waals surface area contributed by atoms with Gasteiger partial charge < -0.3 is 9.47 Å². The van der Waals surface area contributed by atoms with Gasteiger partial charge in [-0.15, -0.1) is 0 Å². The van der Waals surface area contributed by atoms with Gasteiger partial charge in [-0.25, -0.2) is 0 Å². The average Bonchev–Trinajstić information content (AvgIpc) is 2.56. The molecule has 0 saturated heterocycles. The molecule has 0 aromatic carbocycles. The largest absolute Gasteiger partial charge is 0.379 e. The Labute approximate surface area is 153 Å². The van der Waals surface area contributed by atoms with Crippen molar-refractivity contribution in [2.24, 2.45) is 5.92 Å². The van der Waals surface area contributed by atoms with Gasteiger partial charge in [-0.05, 0) is 18.8 Å². The second-order valence-corrected chi connectivity index (χ2v) is 7.65. The summed E-state index contributed by atoms with van der Waals surface area (Å²) in [5.74, 6) is 0.884. The minimum Gasteiger partial charge on any atom is -0.379 e. The minimum atomic E-state index is 0.761. The topological polar surface area (TPSA) is 18.5 Å². The summed E-state index contributed by atoms with van der Waals surface area (Å²) in [6.45, 7) is 10.2. The molecule has 0 fully saturated rings. The average molecular weight is 343 g/mol. The van der Waals surface area contributed by atoms with E-state index in [9.17, 15) is 0 Å². The van der Waals surface area contributed by atoms with Crippen molar-refractivity contribution in [2.75, 3.05) is 26.4 Å². The standard InChI is InChI=1S/C22H46O2/c1-4-5-18-23-20-21-24-19-16-14-12-10-8-6-7-9-11-13-15-17-22(2)3/h22H,4-21H2,1-3H3. The number of ether oxygens (including phenoxy) is 2. The predicted octanol–water partition coefficient (Wildman–Crippen LogP) is 7.16. The maximum absolute atomic E-state index is 5.60. The lowest BCUT2D eigenvalue weighted by Crippen LogP contribution is -2.06. The van der Waals surface area contributed by atoms with E-state index in [0.717, 1.165) is 38.8 Å². The highest BCUT2D eigenvalue weighted by Gasteiger charge is 1.96. The smallest absolute Gasteiger partial charge is 0.0700 e. The molecule has 0 unspecified atom stereocenters. The Morgan fingerprint density at radius 1 is 0.500 bits per heavy atom. The van der Waals surface area contributed by atoms with Gasteiger partial charge in [-0.3, -0.25) is 0 Å². The van der Waals surface area contributed by atoms with E-state index in [0.29, 0.717) is 0 Å². The monoisotopic (exact) mass is 342 g/mol. The summed E-state index contributed by atoms with van der Waals surface area (Å²) in [6.07, 6.45) is 19.2. The van der Waals surface area contributed by atoms with Gasteiger partial charge in [0.05, 0.1) is 13.2 Å². The van der Waals surface area contributed by atoms with E-state index in [4.69, 9.17) is 9.47 Å². The first kappa shape index (κ1) is 23.9. The Morgan fingerprint density at radius 2 is 0.917 bits per heavy atom. The van der Waals surface area contributed by atoms with Crippen LogP contribution in [-0.2, 0) is 9.47 Å². The van der Waals surface area contributed by atoms with Crippen LogP contribution in [0.25, 0.3) is 0 Å². The van der Waals surface area contributed by atoms with Crippen LogP contribution in [0.15, 0.2) is 0 Å². The first-order valence-electron chi connectivity index (χ1n) is 10.9. The highest BCUT2D eigenvalue weighted by Crippen LogP contribution is 2.13. The predicted molar refractivity (Wildman–Crippen MR) is 107 cm³/mol. The van der Waals surface area contributed by atoms with Gasteiger partial charge in [0.2, 0.25) is 0 Å². The van der Waals surface area contributed by atoms with Crippen molar-refractivity contribution in [2.45, 2.75) is 111 Å². The zero-order chi connectivity index (χ0) is 17.7. The molecule has 2 heteroatoms. The molecular weight excluding hydrogens is 296 g/mol. The molecule has 0 radical (unpaired) electrons. The van der Waals surface area contributed by atoms with E-state index in [-0.39, 0.29) is 0 Å². The lowest BCUT2D eigenvalue weighted by Gasteiger charge is -2.06. The quantitative estimate of drug-likeness (QED) is 0.219. The fourth-order valence-corrected chi connectivity index (χ4v) is 2.92. The van der Waals surface area contributed by atoms with Crippen molar-refractivity contribution < 1.29 is 9.47 Å². The molecule has 0 rings (SSSR count). The highest BCUT2D eigenvalue weighted by atomic mass is 16.5. The molecule has 24 heavy (non-hydrogen) atoms. The van der Waals surface area contributed by atoms with Crippen molar-refractivity contribution in [1.29, 1.82) is 0 Å². The lowest BCUT2D eigenvalue weighted by molar-refractivity contribution is 0.0453. The van der Waals surface area contributed by atoms with E-state index in [1.165, 1.54) is 83.5 Å². The van der Waals surface area contributed by atoms with Gasteiger partial charge in [-0.2, -0.15) is 0 Å². The van der Waals surface area contributed by atoms with E-state index in [1.54, 1.807) is 0 Å². The third kappa shape index (κ3) is 21.9. The highest BCUT2D eigenvalue weighted by molar-refractivity contribution is 4.50. The van der Waals surface area contributed by atoms with Crippen molar-refractivity contribution in [3.05, 3.63) is 0 Å². The molecule has 0 spiro atoms. The molecule has 0 heterocycles. The van der Waals surface area contributed by atoms with Crippen LogP contribution in [0, 0.1) is 5.92 Å². The molecule has 0 aromatic heterocycles. The molecule has 146 valence electrons. The summed E-state index contributed by atoms with van der Waals surface area (Å²) in [5, 5.41) is 0. The Bertz CT molecular complexity index is 216. The Balaban J connectivity index is 2.95. The normalized spacial score (nSPS) is 11.5. The number of unbranched alkanes of at least 4 members (excludes halogenated alkanes) is 11. The summed E-state index contributed by atoms with van der Waals surface area (Å²) < 4.78 is 11.1. The van der Waals surface area contributed by atoms with Crippen LogP contribution in [0.4, 0.5) is 0 Å². The van der Waals surface area contributed by atoms with Crippen LogP contribution in [0.3, 0.4) is 0 Å². The van der Waals surface area contributed by atoms with Crippen molar-refractivity contribution in [3.8, 4) is 0 Å². The molecule has 0 N–H and O–H groups in total. The second kappa shape index (κ2) is 21.0. The molecular formula is C22H46O2. The van der Waals surface area contributed by atoms with E-state index >= 15 is 0 Å². The van der Waals surface area contributed by atoms with Crippen molar-refractivity contribution >= 4 is 0 Å². The van der Waals surface area contributed by atoms with Crippen LogP contribution in [0.5, 0.6) is 0 Å². The van der Waals surface area contributed by atoms with E-state index in [1.807, 2.05) is 0 Å². The van der Waals surface area contributed by atoms with Crippen LogP contribution in [0.2, 0.25) is 0 Å². The Morgan fingerprint density at radius 3 is 1.38 bits per heavy atom. The maximum Gasteiger partial charge on any atom is 0.0700 e. The second-order valence-electron chi connectivity index (χ2n) is 7.65. The molecule has 0 aliphatic rings. The third-order valence-electron chi connectivity index (χ3n) is 4.58. The fourth-order valence-electron chi connectivity index (χ4n) is 2.92. The zero-order valence-electron chi connectivity index (χ0n) is 17.1. The van der Waals surface area contributed by atoms with Crippen LogP contribution in [-0.4, -0.2) is 26.4 Å². The number of hydrogen-bond donors (Lipinski definition) is 0. The Kier molecular flexibility index (Phi) is 20.9. The van der Waals surface area contributed by atoms with Crippen molar-refractivity contribution in [1.82, 2.24) is 0 Å². The molecule has 0 saturated carbocycles. The minimum absolute atomic E-state index is 0.761. The first-order chi connectivity index (χ1) is 11.8. The van der Waals surface area contributed by atoms with Gasteiger partial charge in [-0.1, -0.05) is 97.8 Å². The summed E-state index contributed by atoms with van der Waals surface area (Å²) >= 11 is 0. The van der Waals surface area contributed by atoms with Gasteiger partial charge in [0.15, 0.2) is 0 Å². The van der Waals surface area contributed by atoms with E-state index in [2.05, 4.69) is 20.8 Å². The molecule has 0 aliphatic heterocycles. The van der Waals surface area contributed by atoms with Gasteiger partial charge >= 0.3 is 0 Å². The molecule has 0 atom stereocenters. The van der Waals surface area contributed by atoms with Crippen LogP contribution >= 0.6 is 0 Å². The molecule has 0 aromatic rings. The molecule has 2 nitrogen and oxygen atoms in total. The summed E-state index contributed by atoms with van der Waals surface area (Å²) in [7, 11) is 0. The molecule has 0 aliphatic carbocycles. The molecule has 0 amide bonds. The number of hydrogen-bond acceptors (Lipinski definition) is 2. The van der Waals surface area contributed by atoms with Gasteiger partial charge in [0.1, 0.15) is 0 Å². The van der Waals surface area contributed by atoms with Crippen LogP contribution in [0.1, 0.15) is 111 Å². The van der Waals surface area contributed by atoms with Crippen LogP contribution < -0.4 is 0 Å². The van der Waals surface area contributed by atoms with E-state index < -0.39 is 0 Å². The van der Waals surface area contributed by atoms with Crippen molar-refractivity contribution in [3.63, 3.8) is 0 Å². The Hall–Kier alpha value is -0.0800. The summed E-state index contributed by atoms with van der Waals surface area (Å²) in [6, 6.07) is 0. The summed E-state index contributed by atoms with van der Waals surface area (Å²) in [5.41, 5.74) is 0. The zero-order valence-corrected chi connectivity index (χ0v) is 17.1. The third-order valence-corrected chi connectivity index (χ3v) is 4.58. The molecule has 0 bridgehead atoms. The number of rotatable bonds is 20. The fraction of sp³-hybridized carbons (Fsp3) is 1.00. The SMILES string of the molecule is CCCCOCCOCCCCCCCCCCCCCC(C)C. The lowest BCUT2D eigenvalue weighted by atomic mass is 10.0. The van der Waals surface area contributed by atoms with Gasteiger partial charge in [0.25, 0.3) is 0 Å². The summed E-state index contributed by atoms with van der Waals surface area (Å²) in [4.78, 5) is 0. The first-order valence-corrected chi connectivity index (χ1v) is 10.9.